The molecule has 0 spiro atoms. The molecule has 116 valence electrons. The summed E-state index contributed by atoms with van der Waals surface area (Å²) < 4.78 is 27.5. The van der Waals surface area contributed by atoms with Gasteiger partial charge in [0.15, 0.2) is 0 Å². The maximum Gasteiger partial charge on any atom is 0.411 e. The van der Waals surface area contributed by atoms with Crippen molar-refractivity contribution in [3.8, 4) is 0 Å². The summed E-state index contributed by atoms with van der Waals surface area (Å²) in [4.78, 5) is 13.9. The van der Waals surface area contributed by atoms with E-state index in [1.807, 2.05) is 7.05 Å². The highest BCUT2D eigenvalue weighted by atomic mass is 35.7. The van der Waals surface area contributed by atoms with Gasteiger partial charge in [0.25, 0.3) is 9.05 Å². The Morgan fingerprint density at radius 1 is 1.29 bits per heavy atom. The zero-order valence-electron chi connectivity index (χ0n) is 11.6. The number of carbonyl (C=O) groups is 1. The van der Waals surface area contributed by atoms with Gasteiger partial charge in [0, 0.05) is 29.5 Å². The third-order valence-corrected chi connectivity index (χ3v) is 4.69. The number of nitrogens with one attached hydrogen (secondary N) is 1. The number of rotatable bonds is 3. The van der Waals surface area contributed by atoms with Crippen LogP contribution in [-0.4, -0.2) is 45.7 Å². The summed E-state index contributed by atoms with van der Waals surface area (Å²) in [6.45, 7) is 1.81. The average molecular weight is 333 g/mol. The SMILES string of the molecule is CN1CCC(OC(=O)Nc2ccc(S(=O)(=O)Cl)cc2)CC1. The van der Waals surface area contributed by atoms with E-state index in [0.29, 0.717) is 5.69 Å². The van der Waals surface area contributed by atoms with E-state index < -0.39 is 15.1 Å². The molecule has 0 aliphatic carbocycles. The standard InChI is InChI=1S/C13H17ClN2O4S/c1-16-8-6-11(7-9-16)20-13(17)15-10-2-4-12(5-3-10)21(14,18)19/h2-5,11H,6-9H2,1H3,(H,15,17). The van der Waals surface area contributed by atoms with Crippen LogP contribution < -0.4 is 5.32 Å². The van der Waals surface area contributed by atoms with Crippen molar-refractivity contribution in [2.45, 2.75) is 23.8 Å². The summed E-state index contributed by atoms with van der Waals surface area (Å²) in [7, 11) is 3.49. The average Bonchev–Trinajstić information content (AvgIpc) is 2.41. The smallest absolute Gasteiger partial charge is 0.411 e. The maximum absolute atomic E-state index is 11.8. The first-order valence-corrected chi connectivity index (χ1v) is 8.86. The largest absolute Gasteiger partial charge is 0.446 e. The van der Waals surface area contributed by atoms with E-state index in [4.69, 9.17) is 15.4 Å². The molecule has 0 unspecified atom stereocenters. The summed E-state index contributed by atoms with van der Waals surface area (Å²) in [5.74, 6) is 0. The van der Waals surface area contributed by atoms with Crippen LogP contribution in [0.15, 0.2) is 29.2 Å². The van der Waals surface area contributed by atoms with E-state index in [2.05, 4.69) is 10.2 Å². The first-order chi connectivity index (χ1) is 9.84. The Balaban J connectivity index is 1.88. The molecule has 0 aromatic heterocycles. The second-order valence-corrected chi connectivity index (χ2v) is 7.56. The number of ether oxygens (including phenoxy) is 1. The van der Waals surface area contributed by atoms with Gasteiger partial charge in [-0.05, 0) is 44.2 Å². The van der Waals surface area contributed by atoms with Gasteiger partial charge in [-0.15, -0.1) is 0 Å². The van der Waals surface area contributed by atoms with Crippen LogP contribution >= 0.6 is 10.7 Å². The third-order valence-electron chi connectivity index (χ3n) is 3.32. The van der Waals surface area contributed by atoms with Gasteiger partial charge >= 0.3 is 6.09 Å². The van der Waals surface area contributed by atoms with Crippen LogP contribution in [0.4, 0.5) is 10.5 Å². The van der Waals surface area contributed by atoms with Crippen LogP contribution in [0.2, 0.25) is 0 Å². The van der Waals surface area contributed by atoms with Crippen LogP contribution in [0.25, 0.3) is 0 Å². The molecule has 0 atom stereocenters. The van der Waals surface area contributed by atoms with E-state index in [-0.39, 0.29) is 11.0 Å². The minimum Gasteiger partial charge on any atom is -0.446 e. The van der Waals surface area contributed by atoms with Crippen molar-refractivity contribution < 1.29 is 17.9 Å². The van der Waals surface area contributed by atoms with Crippen LogP contribution in [0, 0.1) is 0 Å². The van der Waals surface area contributed by atoms with Crippen LogP contribution in [0.3, 0.4) is 0 Å². The van der Waals surface area contributed by atoms with Crippen molar-refractivity contribution in [3.63, 3.8) is 0 Å². The lowest BCUT2D eigenvalue weighted by molar-refractivity contribution is 0.0662. The molecule has 0 radical (unpaired) electrons. The van der Waals surface area contributed by atoms with Crippen LogP contribution in [-0.2, 0) is 13.8 Å². The Kier molecular flexibility index (Phi) is 5.08. The molecule has 1 amide bonds. The van der Waals surface area contributed by atoms with Crippen molar-refractivity contribution in [1.82, 2.24) is 4.90 Å². The molecule has 2 rings (SSSR count). The molecule has 1 fully saturated rings. The Labute approximate surface area is 128 Å². The van der Waals surface area contributed by atoms with Crippen LogP contribution in [0.1, 0.15) is 12.8 Å². The lowest BCUT2D eigenvalue weighted by atomic mass is 10.1. The predicted molar refractivity (Wildman–Crippen MR) is 80.1 cm³/mol. The molecule has 1 aromatic carbocycles. The molecular formula is C13H17ClN2O4S. The number of halogens is 1. The predicted octanol–water partition coefficient (Wildman–Crippen LogP) is 2.26. The van der Waals surface area contributed by atoms with Crippen molar-refractivity contribution in [2.75, 3.05) is 25.5 Å². The highest BCUT2D eigenvalue weighted by molar-refractivity contribution is 8.13. The number of carbonyl (C=O) groups excluding carboxylic acids is 1. The zero-order chi connectivity index (χ0) is 15.5. The molecule has 1 saturated heterocycles. The minimum atomic E-state index is -3.75. The minimum absolute atomic E-state index is 0.0154. The van der Waals surface area contributed by atoms with Crippen molar-refractivity contribution >= 4 is 31.5 Å². The summed E-state index contributed by atoms with van der Waals surface area (Å²) in [6.07, 6.45) is 1.01. The number of hydrogen-bond acceptors (Lipinski definition) is 5. The van der Waals surface area contributed by atoms with E-state index >= 15 is 0 Å². The fraction of sp³-hybridized carbons (Fsp3) is 0.462. The van der Waals surface area contributed by atoms with Crippen molar-refractivity contribution in [2.24, 2.45) is 0 Å². The number of likely N-dealkylation sites (tertiary alicyclic amines) is 1. The summed E-state index contributed by atoms with van der Waals surface area (Å²) in [5, 5.41) is 2.57. The highest BCUT2D eigenvalue weighted by Crippen LogP contribution is 2.18. The fourth-order valence-electron chi connectivity index (χ4n) is 2.10. The molecule has 21 heavy (non-hydrogen) atoms. The number of benzene rings is 1. The molecule has 1 aromatic rings. The van der Waals surface area contributed by atoms with E-state index in [9.17, 15) is 13.2 Å². The van der Waals surface area contributed by atoms with Gasteiger partial charge < -0.3 is 9.64 Å². The topological polar surface area (TPSA) is 75.7 Å². The van der Waals surface area contributed by atoms with Gasteiger partial charge in [0.1, 0.15) is 6.10 Å². The molecule has 8 heteroatoms. The highest BCUT2D eigenvalue weighted by Gasteiger charge is 2.20. The normalized spacial score (nSPS) is 17.4. The number of piperidine rings is 1. The monoisotopic (exact) mass is 332 g/mol. The molecular weight excluding hydrogens is 316 g/mol. The first-order valence-electron chi connectivity index (χ1n) is 6.55. The molecule has 1 aliphatic heterocycles. The lowest BCUT2D eigenvalue weighted by Gasteiger charge is -2.28. The van der Waals surface area contributed by atoms with Crippen molar-refractivity contribution in [1.29, 1.82) is 0 Å². The Hall–Kier alpha value is -1.31. The van der Waals surface area contributed by atoms with Gasteiger partial charge in [0.05, 0.1) is 4.90 Å². The van der Waals surface area contributed by atoms with E-state index in [1.54, 1.807) is 0 Å². The quantitative estimate of drug-likeness (QED) is 0.859. The molecule has 0 saturated carbocycles. The molecule has 1 N–H and O–H groups in total. The Bertz CT molecular complexity index is 595. The van der Waals surface area contributed by atoms with Gasteiger partial charge in [-0.3, -0.25) is 5.32 Å². The van der Waals surface area contributed by atoms with E-state index in [0.717, 1.165) is 25.9 Å². The Morgan fingerprint density at radius 3 is 2.38 bits per heavy atom. The number of hydrogen-bond donors (Lipinski definition) is 1. The second-order valence-electron chi connectivity index (χ2n) is 5.00. The van der Waals surface area contributed by atoms with Gasteiger partial charge in [-0.25, -0.2) is 13.2 Å². The second kappa shape index (κ2) is 6.64. The maximum atomic E-state index is 11.8. The molecule has 1 heterocycles. The van der Waals surface area contributed by atoms with Gasteiger partial charge in [-0.2, -0.15) is 0 Å². The molecule has 6 nitrogen and oxygen atoms in total. The van der Waals surface area contributed by atoms with Crippen molar-refractivity contribution in [3.05, 3.63) is 24.3 Å². The van der Waals surface area contributed by atoms with Gasteiger partial charge in [0.2, 0.25) is 0 Å². The third kappa shape index (κ3) is 4.87. The van der Waals surface area contributed by atoms with E-state index in [1.165, 1.54) is 24.3 Å². The molecule has 1 aliphatic rings. The van der Waals surface area contributed by atoms with Crippen LogP contribution in [0.5, 0.6) is 0 Å². The molecule has 0 bridgehead atoms. The summed E-state index contributed by atoms with van der Waals surface area (Å²) in [6, 6.07) is 5.58. The number of anilines is 1. The summed E-state index contributed by atoms with van der Waals surface area (Å²) in [5.41, 5.74) is 0.456. The first kappa shape index (κ1) is 16.1. The fourth-order valence-corrected chi connectivity index (χ4v) is 2.87. The van der Waals surface area contributed by atoms with Gasteiger partial charge in [-0.1, -0.05) is 0 Å². The zero-order valence-corrected chi connectivity index (χ0v) is 13.2. The number of amides is 1. The lowest BCUT2D eigenvalue weighted by Crippen LogP contribution is -2.36. The Morgan fingerprint density at radius 2 is 1.86 bits per heavy atom. The summed E-state index contributed by atoms with van der Waals surface area (Å²) >= 11 is 0. The number of nitrogens with zero attached hydrogens (tertiary/aromatic N) is 1.